The number of nitrogens with zero attached hydrogens (tertiary/aromatic N) is 2. The van der Waals surface area contributed by atoms with Gasteiger partial charge < -0.3 is 10.4 Å². The second-order valence-corrected chi connectivity index (χ2v) is 4.35. The summed E-state index contributed by atoms with van der Waals surface area (Å²) in [6.07, 6.45) is 3.89. The first-order valence-corrected chi connectivity index (χ1v) is 5.66. The molecule has 0 spiro atoms. The van der Waals surface area contributed by atoms with Crippen molar-refractivity contribution < 1.29 is 14.8 Å². The van der Waals surface area contributed by atoms with E-state index < -0.39 is 16.4 Å². The lowest BCUT2D eigenvalue weighted by atomic mass is 9.98. The number of carbonyl (C=O) groups is 1. The maximum absolute atomic E-state index is 11.3. The Kier molecular flexibility index (Phi) is 3.14. The summed E-state index contributed by atoms with van der Waals surface area (Å²) < 4.78 is 0. The standard InChI is InChI=1S/C11H13N3O4/c15-10(16)11(5-1-2-6-11)13-9-8(14(17)18)4-3-7-12-9/h3-4,7H,1-2,5-6H2,(H,12,13)(H,15,16). The summed E-state index contributed by atoms with van der Waals surface area (Å²) in [4.78, 5) is 25.5. The van der Waals surface area contributed by atoms with Crippen molar-refractivity contribution in [2.45, 2.75) is 31.2 Å². The molecule has 0 aromatic carbocycles. The highest BCUT2D eigenvalue weighted by Crippen LogP contribution is 2.35. The first kappa shape index (κ1) is 12.3. The molecule has 1 aromatic rings. The highest BCUT2D eigenvalue weighted by atomic mass is 16.6. The molecule has 0 amide bonds. The second kappa shape index (κ2) is 4.59. The van der Waals surface area contributed by atoms with Crippen molar-refractivity contribution in [3.8, 4) is 0 Å². The van der Waals surface area contributed by atoms with E-state index in [-0.39, 0.29) is 11.5 Å². The van der Waals surface area contributed by atoms with E-state index in [0.29, 0.717) is 12.8 Å². The lowest BCUT2D eigenvalue weighted by molar-refractivity contribution is -0.384. The monoisotopic (exact) mass is 251 g/mol. The van der Waals surface area contributed by atoms with E-state index in [2.05, 4.69) is 10.3 Å². The van der Waals surface area contributed by atoms with E-state index in [1.54, 1.807) is 0 Å². The van der Waals surface area contributed by atoms with Gasteiger partial charge in [0.15, 0.2) is 0 Å². The van der Waals surface area contributed by atoms with Gasteiger partial charge in [0.2, 0.25) is 5.82 Å². The Labute approximate surface area is 103 Å². The van der Waals surface area contributed by atoms with Crippen LogP contribution in [0.3, 0.4) is 0 Å². The van der Waals surface area contributed by atoms with Gasteiger partial charge in [0, 0.05) is 12.3 Å². The molecule has 1 aliphatic carbocycles. The molecule has 0 saturated heterocycles. The molecule has 7 nitrogen and oxygen atoms in total. The fourth-order valence-electron chi connectivity index (χ4n) is 2.24. The van der Waals surface area contributed by atoms with Crippen LogP contribution in [0.5, 0.6) is 0 Å². The number of nitro groups is 1. The van der Waals surface area contributed by atoms with Gasteiger partial charge in [0.05, 0.1) is 4.92 Å². The van der Waals surface area contributed by atoms with Crippen LogP contribution in [0.1, 0.15) is 25.7 Å². The third-order valence-corrected chi connectivity index (χ3v) is 3.21. The van der Waals surface area contributed by atoms with Crippen LogP contribution in [-0.4, -0.2) is 26.5 Å². The third kappa shape index (κ3) is 2.11. The zero-order chi connectivity index (χ0) is 13.2. The summed E-state index contributed by atoms with van der Waals surface area (Å²) in [6, 6.07) is 2.76. The van der Waals surface area contributed by atoms with Crippen LogP contribution in [0.2, 0.25) is 0 Å². The molecule has 1 saturated carbocycles. The maximum Gasteiger partial charge on any atom is 0.329 e. The molecule has 0 aliphatic heterocycles. The van der Waals surface area contributed by atoms with Crippen molar-refractivity contribution in [3.63, 3.8) is 0 Å². The van der Waals surface area contributed by atoms with Crippen molar-refractivity contribution in [2.24, 2.45) is 0 Å². The molecule has 1 heterocycles. The number of nitrogens with one attached hydrogen (secondary N) is 1. The lowest BCUT2D eigenvalue weighted by Gasteiger charge is -2.25. The van der Waals surface area contributed by atoms with Gasteiger partial charge in [-0.25, -0.2) is 9.78 Å². The van der Waals surface area contributed by atoms with Gasteiger partial charge in [-0.15, -0.1) is 0 Å². The molecule has 1 fully saturated rings. The molecular formula is C11H13N3O4. The molecule has 0 radical (unpaired) electrons. The van der Waals surface area contributed by atoms with Crippen molar-refractivity contribution in [3.05, 3.63) is 28.4 Å². The Morgan fingerprint density at radius 2 is 2.17 bits per heavy atom. The predicted octanol–water partition coefficient (Wildman–Crippen LogP) is 1.80. The Morgan fingerprint density at radius 1 is 1.50 bits per heavy atom. The quantitative estimate of drug-likeness (QED) is 0.624. The minimum atomic E-state index is -1.13. The summed E-state index contributed by atoms with van der Waals surface area (Å²) in [5, 5.41) is 22.9. The van der Waals surface area contributed by atoms with Gasteiger partial charge in [0.1, 0.15) is 5.54 Å². The van der Waals surface area contributed by atoms with E-state index in [4.69, 9.17) is 0 Å². The van der Waals surface area contributed by atoms with E-state index in [0.717, 1.165) is 12.8 Å². The zero-order valence-corrected chi connectivity index (χ0v) is 9.63. The molecule has 0 atom stereocenters. The second-order valence-electron chi connectivity index (χ2n) is 4.35. The highest BCUT2D eigenvalue weighted by molar-refractivity contribution is 5.83. The fraction of sp³-hybridized carbons (Fsp3) is 0.455. The molecule has 7 heteroatoms. The van der Waals surface area contributed by atoms with Crippen molar-refractivity contribution in [1.29, 1.82) is 0 Å². The number of carboxylic acids is 1. The van der Waals surface area contributed by atoms with Gasteiger partial charge in [0.25, 0.3) is 0 Å². The molecule has 1 aromatic heterocycles. The number of rotatable bonds is 4. The Bertz CT molecular complexity index is 483. The number of anilines is 1. The number of carboxylic acid groups (broad SMARTS) is 1. The molecular weight excluding hydrogens is 238 g/mol. The summed E-state index contributed by atoms with van der Waals surface area (Å²) in [5.74, 6) is -0.966. The number of pyridine rings is 1. The first-order valence-electron chi connectivity index (χ1n) is 5.66. The van der Waals surface area contributed by atoms with E-state index in [9.17, 15) is 20.0 Å². The van der Waals surface area contributed by atoms with Crippen LogP contribution in [0.25, 0.3) is 0 Å². The number of aliphatic carboxylic acids is 1. The van der Waals surface area contributed by atoms with Gasteiger partial charge >= 0.3 is 11.7 Å². The average Bonchev–Trinajstić information content (AvgIpc) is 2.79. The number of aromatic nitrogens is 1. The minimum absolute atomic E-state index is 0.0202. The van der Waals surface area contributed by atoms with Gasteiger partial charge in [-0.05, 0) is 18.9 Å². The molecule has 1 aliphatic rings. The largest absolute Gasteiger partial charge is 0.480 e. The smallest absolute Gasteiger partial charge is 0.329 e. The van der Waals surface area contributed by atoms with Gasteiger partial charge in [-0.1, -0.05) is 12.8 Å². The number of hydrogen-bond donors (Lipinski definition) is 2. The summed E-state index contributed by atoms with van der Waals surface area (Å²) in [5.41, 5.74) is -1.33. The molecule has 2 rings (SSSR count). The summed E-state index contributed by atoms with van der Waals surface area (Å²) >= 11 is 0. The average molecular weight is 251 g/mol. The maximum atomic E-state index is 11.3. The van der Waals surface area contributed by atoms with Crippen LogP contribution in [0.4, 0.5) is 11.5 Å². The van der Waals surface area contributed by atoms with Crippen LogP contribution >= 0.6 is 0 Å². The minimum Gasteiger partial charge on any atom is -0.480 e. The fourth-order valence-corrected chi connectivity index (χ4v) is 2.24. The van der Waals surface area contributed by atoms with Gasteiger partial charge in [-0.3, -0.25) is 10.1 Å². The van der Waals surface area contributed by atoms with Crippen molar-refractivity contribution in [2.75, 3.05) is 5.32 Å². The molecule has 0 bridgehead atoms. The van der Waals surface area contributed by atoms with E-state index in [1.807, 2.05) is 0 Å². The normalized spacial score (nSPS) is 17.3. The highest BCUT2D eigenvalue weighted by Gasteiger charge is 2.42. The zero-order valence-electron chi connectivity index (χ0n) is 9.63. The Morgan fingerprint density at radius 3 is 2.72 bits per heavy atom. The summed E-state index contributed by atoms with van der Waals surface area (Å²) in [6.45, 7) is 0. The van der Waals surface area contributed by atoms with Crippen molar-refractivity contribution in [1.82, 2.24) is 4.98 Å². The van der Waals surface area contributed by atoms with Crippen molar-refractivity contribution >= 4 is 17.5 Å². The van der Waals surface area contributed by atoms with Gasteiger partial charge in [-0.2, -0.15) is 0 Å². The predicted molar refractivity (Wildman–Crippen MR) is 63.3 cm³/mol. The van der Waals surface area contributed by atoms with Crippen LogP contribution in [0, 0.1) is 10.1 Å². The van der Waals surface area contributed by atoms with Crippen LogP contribution < -0.4 is 5.32 Å². The molecule has 96 valence electrons. The van der Waals surface area contributed by atoms with Crippen LogP contribution in [-0.2, 0) is 4.79 Å². The summed E-state index contributed by atoms with van der Waals surface area (Å²) in [7, 11) is 0. The third-order valence-electron chi connectivity index (χ3n) is 3.21. The molecule has 0 unspecified atom stereocenters. The van der Waals surface area contributed by atoms with E-state index in [1.165, 1.54) is 18.3 Å². The van der Waals surface area contributed by atoms with Crippen LogP contribution in [0.15, 0.2) is 18.3 Å². The molecule has 18 heavy (non-hydrogen) atoms. The Hall–Kier alpha value is -2.18. The Balaban J connectivity index is 2.33. The first-order chi connectivity index (χ1) is 8.55. The SMILES string of the molecule is O=C(O)C1(Nc2ncccc2[N+](=O)[O-])CCCC1. The number of hydrogen-bond acceptors (Lipinski definition) is 5. The lowest BCUT2D eigenvalue weighted by Crippen LogP contribution is -2.44. The molecule has 2 N–H and O–H groups in total. The van der Waals surface area contributed by atoms with E-state index >= 15 is 0 Å². The topological polar surface area (TPSA) is 105 Å².